The van der Waals surface area contributed by atoms with Crippen LogP contribution in [0.15, 0.2) is 12.2 Å². The molecule has 0 saturated heterocycles. The Morgan fingerprint density at radius 3 is 2.58 bits per heavy atom. The van der Waals surface area contributed by atoms with Crippen LogP contribution in [0.25, 0.3) is 0 Å². The van der Waals surface area contributed by atoms with Gasteiger partial charge in [0.2, 0.25) is 0 Å². The van der Waals surface area contributed by atoms with Gasteiger partial charge in [-0.05, 0) is 13.3 Å². The number of esters is 1. The summed E-state index contributed by atoms with van der Waals surface area (Å²) in [5.74, 6) is -0.626. The quantitative estimate of drug-likeness (QED) is 0.472. The molecule has 0 aromatic carbocycles. The topological polar surface area (TPSA) is 26.3 Å². The fraction of sp³-hybridized carbons (Fsp3) is 0.667. The molecular weight excluding hydrogens is 159 g/mol. The third-order valence-electron chi connectivity index (χ3n) is 1.46. The molecule has 12 heavy (non-hydrogen) atoms. The number of alkyl halides is 1. The average Bonchev–Trinajstić information content (AvgIpc) is 2.04. The normalized spacial score (nSPS) is 12.2. The molecule has 0 radical (unpaired) electrons. The fourth-order valence-corrected chi connectivity index (χ4v) is 0.779. The first-order valence-corrected chi connectivity index (χ1v) is 4.13. The summed E-state index contributed by atoms with van der Waals surface area (Å²) in [5.41, 5.74) is -0.0706. The molecule has 0 amide bonds. The first-order chi connectivity index (χ1) is 5.63. The molecule has 0 fully saturated rings. The zero-order valence-electron chi connectivity index (χ0n) is 7.60. The maximum atomic E-state index is 13.0. The third-order valence-corrected chi connectivity index (χ3v) is 1.46. The lowest BCUT2D eigenvalue weighted by molar-refractivity contribution is -0.139. The zero-order valence-corrected chi connectivity index (χ0v) is 7.60. The molecule has 0 aromatic rings. The van der Waals surface area contributed by atoms with Crippen LogP contribution in [0, 0.1) is 0 Å². The molecule has 0 heterocycles. The van der Waals surface area contributed by atoms with Crippen LogP contribution in [0.3, 0.4) is 0 Å². The van der Waals surface area contributed by atoms with Crippen LogP contribution in [0.2, 0.25) is 0 Å². The van der Waals surface area contributed by atoms with Crippen LogP contribution in [0.5, 0.6) is 0 Å². The molecule has 0 aliphatic carbocycles. The second-order valence-electron chi connectivity index (χ2n) is 2.50. The Labute approximate surface area is 72.4 Å². The van der Waals surface area contributed by atoms with Gasteiger partial charge in [0, 0.05) is 0 Å². The summed E-state index contributed by atoms with van der Waals surface area (Å²) in [6.45, 7) is 7.13. The number of rotatable bonds is 5. The SMILES string of the molecule is C=C(C(=O)OCC)C(F)CCC. The Hall–Kier alpha value is -0.860. The summed E-state index contributed by atoms with van der Waals surface area (Å²) < 4.78 is 17.6. The van der Waals surface area contributed by atoms with Crippen molar-refractivity contribution in [2.45, 2.75) is 32.9 Å². The van der Waals surface area contributed by atoms with Gasteiger partial charge in [0.1, 0.15) is 6.17 Å². The lowest BCUT2D eigenvalue weighted by Gasteiger charge is -2.08. The molecule has 0 aromatic heterocycles. The summed E-state index contributed by atoms with van der Waals surface area (Å²) >= 11 is 0. The van der Waals surface area contributed by atoms with E-state index in [0.29, 0.717) is 12.8 Å². The van der Waals surface area contributed by atoms with E-state index in [1.165, 1.54) is 0 Å². The van der Waals surface area contributed by atoms with Gasteiger partial charge in [-0.25, -0.2) is 9.18 Å². The van der Waals surface area contributed by atoms with Gasteiger partial charge in [-0.15, -0.1) is 0 Å². The summed E-state index contributed by atoms with van der Waals surface area (Å²) in [4.78, 5) is 10.9. The van der Waals surface area contributed by atoms with Gasteiger partial charge in [-0.2, -0.15) is 0 Å². The second-order valence-corrected chi connectivity index (χ2v) is 2.50. The molecule has 0 aliphatic rings. The Bertz CT molecular complexity index is 166. The molecule has 70 valence electrons. The molecule has 3 heteroatoms. The van der Waals surface area contributed by atoms with E-state index in [-0.39, 0.29) is 12.2 Å². The van der Waals surface area contributed by atoms with Crippen molar-refractivity contribution in [1.82, 2.24) is 0 Å². The highest BCUT2D eigenvalue weighted by atomic mass is 19.1. The standard InChI is InChI=1S/C9H15FO2/c1-4-6-8(10)7(3)9(11)12-5-2/h8H,3-6H2,1-2H3. The summed E-state index contributed by atoms with van der Waals surface area (Å²) in [6.07, 6.45) is -0.230. The van der Waals surface area contributed by atoms with E-state index in [1.807, 2.05) is 6.92 Å². The van der Waals surface area contributed by atoms with Crippen LogP contribution in [0.4, 0.5) is 4.39 Å². The lowest BCUT2D eigenvalue weighted by Crippen LogP contribution is -2.15. The molecule has 2 nitrogen and oxygen atoms in total. The van der Waals surface area contributed by atoms with Crippen molar-refractivity contribution < 1.29 is 13.9 Å². The van der Waals surface area contributed by atoms with Crippen molar-refractivity contribution in [1.29, 1.82) is 0 Å². The third kappa shape index (κ3) is 3.51. The van der Waals surface area contributed by atoms with E-state index in [2.05, 4.69) is 11.3 Å². The van der Waals surface area contributed by atoms with E-state index in [9.17, 15) is 9.18 Å². The molecule has 0 saturated carbocycles. The minimum Gasteiger partial charge on any atom is -0.463 e. The van der Waals surface area contributed by atoms with Crippen molar-refractivity contribution in [3.63, 3.8) is 0 Å². The smallest absolute Gasteiger partial charge is 0.336 e. The number of halogens is 1. The zero-order chi connectivity index (χ0) is 9.56. The lowest BCUT2D eigenvalue weighted by atomic mass is 10.1. The number of hydrogen-bond donors (Lipinski definition) is 0. The van der Waals surface area contributed by atoms with Crippen LogP contribution in [-0.2, 0) is 9.53 Å². The largest absolute Gasteiger partial charge is 0.463 e. The van der Waals surface area contributed by atoms with Crippen molar-refractivity contribution in [2.24, 2.45) is 0 Å². The fourth-order valence-electron chi connectivity index (χ4n) is 0.779. The highest BCUT2D eigenvalue weighted by Crippen LogP contribution is 2.12. The van der Waals surface area contributed by atoms with E-state index < -0.39 is 12.1 Å². The first-order valence-electron chi connectivity index (χ1n) is 4.13. The minimum absolute atomic E-state index is 0.0706. The highest BCUT2D eigenvalue weighted by molar-refractivity contribution is 5.88. The van der Waals surface area contributed by atoms with Gasteiger partial charge in [0.25, 0.3) is 0 Å². The Morgan fingerprint density at radius 2 is 2.17 bits per heavy atom. The summed E-state index contributed by atoms with van der Waals surface area (Å²) in [5, 5.41) is 0. The van der Waals surface area contributed by atoms with E-state index in [0.717, 1.165) is 0 Å². The van der Waals surface area contributed by atoms with Gasteiger partial charge in [0.15, 0.2) is 0 Å². The number of carbonyl (C=O) groups excluding carboxylic acids is 1. The van der Waals surface area contributed by atoms with Crippen LogP contribution < -0.4 is 0 Å². The Morgan fingerprint density at radius 1 is 1.58 bits per heavy atom. The average molecular weight is 174 g/mol. The molecule has 0 N–H and O–H groups in total. The number of hydrogen-bond acceptors (Lipinski definition) is 2. The van der Waals surface area contributed by atoms with Crippen molar-refractivity contribution >= 4 is 5.97 Å². The van der Waals surface area contributed by atoms with Crippen LogP contribution >= 0.6 is 0 Å². The molecule has 1 atom stereocenters. The first kappa shape index (κ1) is 11.1. The summed E-state index contributed by atoms with van der Waals surface area (Å²) in [7, 11) is 0. The Kier molecular flexibility index (Phi) is 5.34. The van der Waals surface area contributed by atoms with Crippen molar-refractivity contribution in [3.8, 4) is 0 Å². The van der Waals surface area contributed by atoms with Gasteiger partial charge < -0.3 is 4.74 Å². The maximum absolute atomic E-state index is 13.0. The van der Waals surface area contributed by atoms with Gasteiger partial charge >= 0.3 is 5.97 Å². The van der Waals surface area contributed by atoms with E-state index in [4.69, 9.17) is 0 Å². The predicted molar refractivity (Wildman–Crippen MR) is 45.6 cm³/mol. The second kappa shape index (κ2) is 5.75. The predicted octanol–water partition coefficient (Wildman–Crippen LogP) is 2.24. The maximum Gasteiger partial charge on any atom is 0.336 e. The van der Waals surface area contributed by atoms with Crippen molar-refractivity contribution in [3.05, 3.63) is 12.2 Å². The molecule has 0 aliphatic heterocycles. The van der Waals surface area contributed by atoms with E-state index in [1.54, 1.807) is 6.92 Å². The molecule has 0 spiro atoms. The molecular formula is C9H15FO2. The number of ether oxygens (including phenoxy) is 1. The van der Waals surface area contributed by atoms with Crippen LogP contribution in [0.1, 0.15) is 26.7 Å². The molecule has 0 bridgehead atoms. The minimum atomic E-state index is -1.26. The molecule has 1 unspecified atom stereocenters. The van der Waals surface area contributed by atoms with Gasteiger partial charge in [0.05, 0.1) is 12.2 Å². The highest BCUT2D eigenvalue weighted by Gasteiger charge is 2.17. The van der Waals surface area contributed by atoms with Crippen LogP contribution in [-0.4, -0.2) is 18.7 Å². The molecule has 0 rings (SSSR count). The van der Waals surface area contributed by atoms with Crippen molar-refractivity contribution in [2.75, 3.05) is 6.61 Å². The number of carbonyl (C=O) groups is 1. The van der Waals surface area contributed by atoms with Gasteiger partial charge in [-0.1, -0.05) is 19.9 Å². The van der Waals surface area contributed by atoms with Gasteiger partial charge in [-0.3, -0.25) is 0 Å². The summed E-state index contributed by atoms with van der Waals surface area (Å²) in [6, 6.07) is 0. The Balaban J connectivity index is 3.91. The monoisotopic (exact) mass is 174 g/mol. The van der Waals surface area contributed by atoms with E-state index >= 15 is 0 Å².